The van der Waals surface area contributed by atoms with E-state index in [0.717, 1.165) is 35.3 Å². The van der Waals surface area contributed by atoms with Crippen molar-refractivity contribution < 1.29 is 4.39 Å². The molecule has 2 aliphatic heterocycles. The normalized spacial score (nSPS) is 25.3. The summed E-state index contributed by atoms with van der Waals surface area (Å²) in [6, 6.07) is 20.6. The number of hydrogen-bond donors (Lipinski definition) is 1. The summed E-state index contributed by atoms with van der Waals surface area (Å²) in [6.45, 7) is 0.816. The van der Waals surface area contributed by atoms with Crippen LogP contribution in [0.4, 0.5) is 10.1 Å². The number of benzene rings is 3. The first-order valence-electron chi connectivity index (χ1n) is 9.67. The molecule has 2 aliphatic rings. The van der Waals surface area contributed by atoms with Gasteiger partial charge < -0.3 is 5.32 Å². The number of hydrogen-bond acceptors (Lipinski definition) is 2. The van der Waals surface area contributed by atoms with Crippen LogP contribution in [0.15, 0.2) is 71.7 Å². The molecule has 1 N–H and O–H groups in total. The zero-order valence-electron chi connectivity index (χ0n) is 15.6. The van der Waals surface area contributed by atoms with Crippen LogP contribution in [0.3, 0.4) is 0 Å². The summed E-state index contributed by atoms with van der Waals surface area (Å²) < 4.78 is 14.1. The Morgan fingerprint density at radius 2 is 1.72 bits per heavy atom. The van der Waals surface area contributed by atoms with E-state index in [1.54, 1.807) is 12.1 Å². The lowest BCUT2D eigenvalue weighted by molar-refractivity contribution is 0.270. The maximum absolute atomic E-state index is 14.1. The highest BCUT2D eigenvalue weighted by Crippen LogP contribution is 2.56. The van der Waals surface area contributed by atoms with E-state index in [4.69, 9.17) is 28.2 Å². The Bertz CT molecular complexity index is 1060. The van der Waals surface area contributed by atoms with Crippen LogP contribution in [0.5, 0.6) is 0 Å². The number of nitrogens with one attached hydrogen (secondary N) is 1. The van der Waals surface area contributed by atoms with E-state index in [1.165, 1.54) is 6.07 Å². The molecular weight excluding hydrogens is 406 g/mol. The number of rotatable bonds is 2. The fraction of sp³-hybridized carbons (Fsp3) is 0.208. The Labute approximate surface area is 179 Å². The van der Waals surface area contributed by atoms with Gasteiger partial charge in [0.2, 0.25) is 0 Å². The molecule has 2 heterocycles. The Morgan fingerprint density at radius 1 is 0.931 bits per heavy atom. The number of aliphatic imine (C=N–C) groups is 1. The Morgan fingerprint density at radius 3 is 2.55 bits per heavy atom. The van der Waals surface area contributed by atoms with Gasteiger partial charge in [-0.25, -0.2) is 4.39 Å². The van der Waals surface area contributed by atoms with Gasteiger partial charge in [-0.2, -0.15) is 0 Å². The van der Waals surface area contributed by atoms with E-state index in [2.05, 4.69) is 17.4 Å². The van der Waals surface area contributed by atoms with Crippen molar-refractivity contribution in [2.45, 2.75) is 23.8 Å². The molecule has 5 heteroatoms. The van der Waals surface area contributed by atoms with E-state index >= 15 is 0 Å². The van der Waals surface area contributed by atoms with Gasteiger partial charge in [-0.3, -0.25) is 4.99 Å². The van der Waals surface area contributed by atoms with Gasteiger partial charge in [0.05, 0.1) is 11.1 Å². The number of piperidine rings is 1. The molecule has 0 aliphatic carbocycles. The lowest BCUT2D eigenvalue weighted by atomic mass is 9.60. The van der Waals surface area contributed by atoms with Crippen LogP contribution in [0.2, 0.25) is 10.0 Å². The van der Waals surface area contributed by atoms with Crippen LogP contribution in [0.1, 0.15) is 35.1 Å². The second kappa shape index (κ2) is 7.24. The average molecular weight is 425 g/mol. The average Bonchev–Trinajstić information content (AvgIpc) is 3.06. The lowest BCUT2D eigenvalue weighted by Crippen LogP contribution is -2.51. The van der Waals surface area contributed by atoms with Crippen LogP contribution in [0.25, 0.3) is 0 Å². The van der Waals surface area contributed by atoms with Gasteiger partial charge in [0.15, 0.2) is 0 Å². The third-order valence-corrected chi connectivity index (χ3v) is 6.58. The molecule has 0 amide bonds. The summed E-state index contributed by atoms with van der Waals surface area (Å²) in [5.74, 6) is -0.0995. The van der Waals surface area contributed by atoms with E-state index in [-0.39, 0.29) is 17.8 Å². The van der Waals surface area contributed by atoms with Crippen molar-refractivity contribution in [1.29, 1.82) is 0 Å². The molecule has 3 unspecified atom stereocenters. The Balaban J connectivity index is 1.74. The van der Waals surface area contributed by atoms with Crippen molar-refractivity contribution in [3.05, 3.63) is 99.3 Å². The molecule has 29 heavy (non-hydrogen) atoms. The quantitative estimate of drug-likeness (QED) is 0.491. The third-order valence-electron chi connectivity index (χ3n) is 6.11. The summed E-state index contributed by atoms with van der Waals surface area (Å²) in [4.78, 5) is 4.76. The van der Waals surface area contributed by atoms with Crippen molar-refractivity contribution in [2.24, 2.45) is 4.99 Å². The van der Waals surface area contributed by atoms with Crippen LogP contribution < -0.4 is 5.32 Å². The third kappa shape index (κ3) is 3.09. The highest BCUT2D eigenvalue weighted by atomic mass is 35.5. The molecule has 3 atom stereocenters. The fourth-order valence-electron chi connectivity index (χ4n) is 4.96. The van der Waals surface area contributed by atoms with Crippen molar-refractivity contribution in [1.82, 2.24) is 5.32 Å². The number of fused-ring (bicyclic) bond motifs is 2. The summed E-state index contributed by atoms with van der Waals surface area (Å²) in [7, 11) is 0. The topological polar surface area (TPSA) is 24.4 Å². The van der Waals surface area contributed by atoms with E-state index < -0.39 is 5.41 Å². The van der Waals surface area contributed by atoms with Crippen LogP contribution >= 0.6 is 23.2 Å². The predicted molar refractivity (Wildman–Crippen MR) is 117 cm³/mol. The first-order valence-corrected chi connectivity index (χ1v) is 10.4. The molecule has 1 fully saturated rings. The van der Waals surface area contributed by atoms with E-state index in [1.807, 2.05) is 42.6 Å². The molecular formula is C24H19Cl2FN2. The second-order valence-corrected chi connectivity index (χ2v) is 8.56. The molecule has 1 saturated heterocycles. The van der Waals surface area contributed by atoms with Gasteiger partial charge in [0, 0.05) is 28.2 Å². The van der Waals surface area contributed by atoms with Crippen LogP contribution in [-0.2, 0) is 5.41 Å². The second-order valence-electron chi connectivity index (χ2n) is 7.69. The summed E-state index contributed by atoms with van der Waals surface area (Å²) in [5.41, 5.74) is 3.58. The summed E-state index contributed by atoms with van der Waals surface area (Å²) in [6.07, 6.45) is 2.95. The molecule has 5 rings (SSSR count). The highest BCUT2D eigenvalue weighted by Gasteiger charge is 2.52. The number of halogens is 3. The van der Waals surface area contributed by atoms with Gasteiger partial charge in [-0.1, -0.05) is 53.5 Å². The minimum atomic E-state index is -0.462. The van der Waals surface area contributed by atoms with Gasteiger partial charge in [0.25, 0.3) is 0 Å². The first-order chi connectivity index (χ1) is 14.1. The van der Waals surface area contributed by atoms with Gasteiger partial charge in [-0.15, -0.1) is 0 Å². The maximum Gasteiger partial charge on any atom is 0.123 e. The minimum Gasteiger partial charge on any atom is -0.309 e. The molecule has 0 aromatic heterocycles. The monoisotopic (exact) mass is 424 g/mol. The van der Waals surface area contributed by atoms with E-state index in [0.29, 0.717) is 10.0 Å². The molecule has 3 aromatic rings. The van der Waals surface area contributed by atoms with Crippen LogP contribution in [0, 0.1) is 5.82 Å². The molecule has 1 spiro atoms. The van der Waals surface area contributed by atoms with Crippen molar-refractivity contribution in [3.8, 4) is 0 Å². The van der Waals surface area contributed by atoms with Crippen molar-refractivity contribution in [2.75, 3.05) is 6.54 Å². The van der Waals surface area contributed by atoms with Crippen molar-refractivity contribution >= 4 is 35.1 Å². The zero-order valence-corrected chi connectivity index (χ0v) is 17.1. The highest BCUT2D eigenvalue weighted by molar-refractivity contribution is 6.31. The minimum absolute atomic E-state index is 0.123. The zero-order chi connectivity index (χ0) is 20.0. The van der Waals surface area contributed by atoms with E-state index in [9.17, 15) is 4.39 Å². The van der Waals surface area contributed by atoms with Crippen LogP contribution in [-0.4, -0.2) is 12.8 Å². The summed E-state index contributed by atoms with van der Waals surface area (Å²) >= 11 is 12.6. The predicted octanol–water partition coefficient (Wildman–Crippen LogP) is 6.60. The first kappa shape index (κ1) is 18.8. The van der Waals surface area contributed by atoms with Crippen molar-refractivity contribution in [3.63, 3.8) is 0 Å². The summed E-state index contributed by atoms with van der Waals surface area (Å²) in [5, 5.41) is 5.01. The standard InChI is InChI=1S/C24H19Cl2FN2/c25-17-5-1-3-15(11-17)20-9-10-28-23(16-4-2-6-19(27)12-16)24(20)14-29-22-13-18(26)7-8-21(22)24/h1-8,11-14,20,23,28H,9-10H2. The molecule has 2 nitrogen and oxygen atoms in total. The number of nitrogens with zero attached hydrogens (tertiary/aromatic N) is 1. The van der Waals surface area contributed by atoms with Gasteiger partial charge >= 0.3 is 0 Å². The molecule has 0 saturated carbocycles. The smallest absolute Gasteiger partial charge is 0.123 e. The molecule has 146 valence electrons. The van der Waals surface area contributed by atoms with Gasteiger partial charge in [-0.05, 0) is 66.1 Å². The molecule has 0 bridgehead atoms. The fourth-order valence-corrected chi connectivity index (χ4v) is 5.32. The largest absolute Gasteiger partial charge is 0.309 e. The Kier molecular flexibility index (Phi) is 4.70. The molecule has 3 aromatic carbocycles. The SMILES string of the molecule is Fc1cccc(C2NCCC(c3cccc(Cl)c3)C23C=Nc2cc(Cl)ccc23)c1. The maximum atomic E-state index is 14.1. The Hall–Kier alpha value is -2.20. The lowest BCUT2D eigenvalue weighted by Gasteiger charge is -2.47. The van der Waals surface area contributed by atoms with Gasteiger partial charge in [0.1, 0.15) is 5.82 Å². The molecule has 0 radical (unpaired) electrons.